The number of carboxylic acid groups (broad SMARTS) is 1. The van der Waals surface area contributed by atoms with Gasteiger partial charge in [0.2, 0.25) is 0 Å². The third kappa shape index (κ3) is 4.00. The summed E-state index contributed by atoms with van der Waals surface area (Å²) in [5, 5.41) is 11.5. The maximum atomic E-state index is 11.1. The molecule has 2 aromatic carbocycles. The highest BCUT2D eigenvalue weighted by Gasteiger charge is 2.24. The fourth-order valence-electron chi connectivity index (χ4n) is 3.84. The Morgan fingerprint density at radius 2 is 1.88 bits per heavy atom. The van der Waals surface area contributed by atoms with Crippen molar-refractivity contribution in [3.05, 3.63) is 42.0 Å². The van der Waals surface area contributed by atoms with E-state index in [4.69, 9.17) is 14.6 Å². The Morgan fingerprint density at radius 1 is 1.12 bits per heavy atom. The van der Waals surface area contributed by atoms with E-state index in [1.807, 2.05) is 6.07 Å². The molecule has 0 amide bonds. The van der Waals surface area contributed by atoms with Crippen molar-refractivity contribution in [2.45, 2.75) is 31.9 Å². The smallest absolute Gasteiger partial charge is 0.306 e. The van der Waals surface area contributed by atoms with Crippen molar-refractivity contribution in [1.82, 2.24) is 4.90 Å². The van der Waals surface area contributed by atoms with Gasteiger partial charge in [0.1, 0.15) is 11.9 Å². The van der Waals surface area contributed by atoms with Crippen LogP contribution in [-0.2, 0) is 16.1 Å². The van der Waals surface area contributed by atoms with Crippen LogP contribution in [0.3, 0.4) is 0 Å². The van der Waals surface area contributed by atoms with E-state index in [9.17, 15) is 4.79 Å². The van der Waals surface area contributed by atoms with E-state index in [-0.39, 0.29) is 12.0 Å². The van der Waals surface area contributed by atoms with Crippen LogP contribution in [0.25, 0.3) is 10.8 Å². The number of hydrogen-bond acceptors (Lipinski definition) is 4. The van der Waals surface area contributed by atoms with Gasteiger partial charge in [-0.2, -0.15) is 0 Å². The summed E-state index contributed by atoms with van der Waals surface area (Å²) in [6.45, 7) is 4.04. The summed E-state index contributed by atoms with van der Waals surface area (Å²) >= 11 is 0. The third-order valence-electron chi connectivity index (χ3n) is 5.41. The largest absolute Gasteiger partial charge is 0.488 e. The topological polar surface area (TPSA) is 59.0 Å². The van der Waals surface area contributed by atoms with Crippen LogP contribution in [0.2, 0.25) is 0 Å². The lowest BCUT2D eigenvalue weighted by atomic mass is 9.96. The van der Waals surface area contributed by atoms with Crippen LogP contribution in [0.4, 0.5) is 0 Å². The number of nitrogens with zero attached hydrogens (tertiary/aromatic N) is 1. The summed E-state index contributed by atoms with van der Waals surface area (Å²) in [6, 6.07) is 12.8. The first-order valence-electron chi connectivity index (χ1n) is 9.39. The molecule has 2 saturated heterocycles. The fourth-order valence-corrected chi connectivity index (χ4v) is 3.84. The molecule has 5 nitrogen and oxygen atoms in total. The Hall–Kier alpha value is -2.11. The number of ether oxygens (including phenoxy) is 2. The van der Waals surface area contributed by atoms with Crippen molar-refractivity contribution in [3.63, 3.8) is 0 Å². The average Bonchev–Trinajstić information content (AvgIpc) is 3.15. The zero-order valence-corrected chi connectivity index (χ0v) is 14.9. The first-order chi connectivity index (χ1) is 12.7. The lowest BCUT2D eigenvalue weighted by Crippen LogP contribution is -2.35. The molecule has 2 aliphatic rings. The minimum atomic E-state index is -0.655. The molecule has 2 aromatic rings. The second-order valence-electron chi connectivity index (χ2n) is 7.34. The molecular weight excluding hydrogens is 330 g/mol. The van der Waals surface area contributed by atoms with E-state index in [2.05, 4.69) is 35.2 Å². The fraction of sp³-hybridized carbons (Fsp3) is 0.476. The number of likely N-dealkylation sites (tertiary alicyclic amines) is 1. The molecule has 0 aliphatic carbocycles. The minimum Gasteiger partial charge on any atom is -0.488 e. The van der Waals surface area contributed by atoms with Crippen molar-refractivity contribution in [2.24, 2.45) is 5.92 Å². The normalized spacial score (nSPS) is 21.9. The van der Waals surface area contributed by atoms with Gasteiger partial charge in [-0.15, -0.1) is 0 Å². The molecule has 4 rings (SSSR count). The Bertz CT molecular complexity index is 777. The predicted octanol–water partition coefficient (Wildman–Crippen LogP) is 3.30. The molecule has 0 unspecified atom stereocenters. The van der Waals surface area contributed by atoms with E-state index in [0.717, 1.165) is 51.3 Å². The van der Waals surface area contributed by atoms with E-state index in [1.54, 1.807) is 0 Å². The van der Waals surface area contributed by atoms with Crippen molar-refractivity contribution in [3.8, 4) is 5.75 Å². The highest BCUT2D eigenvalue weighted by Crippen LogP contribution is 2.25. The van der Waals surface area contributed by atoms with Gasteiger partial charge >= 0.3 is 5.97 Å². The summed E-state index contributed by atoms with van der Waals surface area (Å²) in [6.07, 6.45) is 2.61. The molecule has 0 saturated carbocycles. The van der Waals surface area contributed by atoms with Gasteiger partial charge < -0.3 is 14.6 Å². The van der Waals surface area contributed by atoms with Gasteiger partial charge in [-0.25, -0.2) is 0 Å². The van der Waals surface area contributed by atoms with Crippen LogP contribution < -0.4 is 4.74 Å². The second kappa shape index (κ2) is 7.64. The number of aliphatic carboxylic acids is 1. The molecule has 1 atom stereocenters. The van der Waals surface area contributed by atoms with Gasteiger partial charge in [0.15, 0.2) is 0 Å². The lowest BCUT2D eigenvalue weighted by molar-refractivity contribution is -0.143. The number of carboxylic acids is 1. The Morgan fingerprint density at radius 3 is 2.62 bits per heavy atom. The molecule has 138 valence electrons. The van der Waals surface area contributed by atoms with Gasteiger partial charge in [-0.1, -0.05) is 18.2 Å². The van der Waals surface area contributed by atoms with Gasteiger partial charge in [0, 0.05) is 13.0 Å². The molecule has 2 fully saturated rings. The van der Waals surface area contributed by atoms with Crippen LogP contribution >= 0.6 is 0 Å². The zero-order valence-electron chi connectivity index (χ0n) is 14.9. The molecule has 0 radical (unpaired) electrons. The molecule has 2 heterocycles. The van der Waals surface area contributed by atoms with Gasteiger partial charge in [-0.3, -0.25) is 9.69 Å². The molecule has 1 N–H and O–H groups in total. The summed E-state index contributed by atoms with van der Waals surface area (Å²) in [4.78, 5) is 13.4. The number of piperidine rings is 1. The van der Waals surface area contributed by atoms with Crippen LogP contribution in [0.15, 0.2) is 36.4 Å². The van der Waals surface area contributed by atoms with Crippen LogP contribution in [-0.4, -0.2) is 48.4 Å². The number of fused-ring (bicyclic) bond motifs is 1. The first-order valence-corrected chi connectivity index (χ1v) is 9.39. The first kappa shape index (κ1) is 17.3. The van der Waals surface area contributed by atoms with Gasteiger partial charge in [0.05, 0.1) is 19.1 Å². The molecule has 5 heteroatoms. The monoisotopic (exact) mass is 355 g/mol. The molecule has 2 aliphatic heterocycles. The predicted molar refractivity (Wildman–Crippen MR) is 99.4 cm³/mol. The van der Waals surface area contributed by atoms with Crippen LogP contribution in [0, 0.1) is 5.92 Å². The number of hydrogen-bond donors (Lipinski definition) is 1. The van der Waals surface area contributed by atoms with E-state index in [1.165, 1.54) is 16.3 Å². The number of benzene rings is 2. The van der Waals surface area contributed by atoms with E-state index in [0.29, 0.717) is 6.61 Å². The van der Waals surface area contributed by atoms with Crippen molar-refractivity contribution in [2.75, 3.05) is 26.3 Å². The van der Waals surface area contributed by atoms with Crippen molar-refractivity contribution >= 4 is 16.7 Å². The van der Waals surface area contributed by atoms with Crippen LogP contribution in [0.5, 0.6) is 5.75 Å². The highest BCUT2D eigenvalue weighted by atomic mass is 16.5. The van der Waals surface area contributed by atoms with E-state index >= 15 is 0 Å². The third-order valence-corrected chi connectivity index (χ3v) is 5.41. The number of rotatable bonds is 5. The summed E-state index contributed by atoms with van der Waals surface area (Å²) < 4.78 is 11.3. The molecule has 26 heavy (non-hydrogen) atoms. The zero-order chi connectivity index (χ0) is 17.9. The molecule has 0 aromatic heterocycles. The maximum absolute atomic E-state index is 11.1. The Balaban J connectivity index is 1.40. The molecule has 0 spiro atoms. The van der Waals surface area contributed by atoms with Gasteiger partial charge in [-0.05, 0) is 60.5 Å². The van der Waals surface area contributed by atoms with Crippen LogP contribution in [0.1, 0.15) is 24.8 Å². The quantitative estimate of drug-likeness (QED) is 0.892. The standard InChI is InChI=1S/C21H25NO4/c23-21(24)16-5-8-22(9-6-16)13-15-1-2-18-12-19(4-3-17(18)11-15)26-20-7-10-25-14-20/h1-4,11-12,16,20H,5-10,13-14H2,(H,23,24)/t20-/m1/s1. The summed E-state index contributed by atoms with van der Waals surface area (Å²) in [5.41, 5.74) is 1.27. The maximum Gasteiger partial charge on any atom is 0.306 e. The minimum absolute atomic E-state index is 0.167. The molecule has 0 bridgehead atoms. The second-order valence-corrected chi connectivity index (χ2v) is 7.34. The average molecular weight is 355 g/mol. The SMILES string of the molecule is O=C(O)C1CCN(Cc2ccc3cc(O[C@@H]4CCOC4)ccc3c2)CC1. The highest BCUT2D eigenvalue weighted by molar-refractivity contribution is 5.84. The Labute approximate surface area is 153 Å². The summed E-state index contributed by atoms with van der Waals surface area (Å²) in [5.74, 6) is 0.0700. The Kier molecular flexibility index (Phi) is 5.09. The number of carbonyl (C=O) groups is 1. The summed E-state index contributed by atoms with van der Waals surface area (Å²) in [7, 11) is 0. The van der Waals surface area contributed by atoms with E-state index < -0.39 is 5.97 Å². The van der Waals surface area contributed by atoms with Gasteiger partial charge in [0.25, 0.3) is 0 Å². The molecular formula is C21H25NO4. The lowest BCUT2D eigenvalue weighted by Gasteiger charge is -2.30. The van der Waals surface area contributed by atoms with Crippen molar-refractivity contribution < 1.29 is 19.4 Å². The van der Waals surface area contributed by atoms with Crippen molar-refractivity contribution in [1.29, 1.82) is 0 Å².